The molecule has 21 heavy (non-hydrogen) atoms. The topological polar surface area (TPSA) is 71.5 Å². The summed E-state index contributed by atoms with van der Waals surface area (Å²) in [6, 6.07) is 3.40. The number of hydrogen-bond acceptors (Lipinski definition) is 4. The van der Waals surface area contributed by atoms with Gasteiger partial charge in [-0.2, -0.15) is 0 Å². The first-order chi connectivity index (χ1) is 10.2. The number of ether oxygens (including phenoxy) is 1. The fraction of sp³-hybridized carbons (Fsp3) is 0.500. The maximum Gasteiger partial charge on any atom is 0.269 e. The molecule has 1 aliphatic rings. The zero-order valence-corrected chi connectivity index (χ0v) is 12.2. The molecule has 0 aliphatic heterocycles. The van der Waals surface area contributed by atoms with Gasteiger partial charge in [-0.1, -0.05) is 11.8 Å². The summed E-state index contributed by atoms with van der Waals surface area (Å²) in [6.45, 7) is 0.560. The number of rotatable bonds is 5. The molecule has 5 heteroatoms. The quantitative estimate of drug-likeness (QED) is 0.796. The fourth-order valence-corrected chi connectivity index (χ4v) is 2.18. The Hall–Kier alpha value is -1.90. The first-order valence-corrected chi connectivity index (χ1v) is 7.08. The number of carbonyl (C=O) groups excluding carboxylic acids is 1. The van der Waals surface area contributed by atoms with Crippen LogP contribution in [0.4, 0.5) is 0 Å². The van der Waals surface area contributed by atoms with E-state index in [1.807, 2.05) is 0 Å². The molecule has 2 rings (SSSR count). The number of pyridine rings is 1. The summed E-state index contributed by atoms with van der Waals surface area (Å²) >= 11 is 0. The number of nitrogens with zero attached hydrogens (tertiary/aromatic N) is 1. The average molecular weight is 288 g/mol. The lowest BCUT2D eigenvalue weighted by Gasteiger charge is -2.40. The Morgan fingerprint density at radius 1 is 1.52 bits per heavy atom. The highest BCUT2D eigenvalue weighted by molar-refractivity contribution is 5.92. The van der Waals surface area contributed by atoms with Gasteiger partial charge in [-0.3, -0.25) is 4.79 Å². The van der Waals surface area contributed by atoms with Crippen molar-refractivity contribution in [2.75, 3.05) is 20.3 Å². The van der Waals surface area contributed by atoms with E-state index in [2.05, 4.69) is 22.1 Å². The predicted molar refractivity (Wildman–Crippen MR) is 78.7 cm³/mol. The molecule has 2 N–H and O–H groups in total. The molecule has 0 radical (unpaired) electrons. The molecule has 0 bridgehead atoms. The van der Waals surface area contributed by atoms with Crippen LogP contribution in [0.2, 0.25) is 0 Å². The van der Waals surface area contributed by atoms with E-state index in [1.165, 1.54) is 0 Å². The van der Waals surface area contributed by atoms with Gasteiger partial charge in [0.05, 0.1) is 12.2 Å². The summed E-state index contributed by atoms with van der Waals surface area (Å²) < 4.78 is 5.46. The summed E-state index contributed by atoms with van der Waals surface area (Å²) in [5.41, 5.74) is 0.909. The Bertz CT molecular complexity index is 533. The van der Waals surface area contributed by atoms with Crippen LogP contribution in [0.5, 0.6) is 0 Å². The van der Waals surface area contributed by atoms with Crippen molar-refractivity contribution in [3.8, 4) is 11.8 Å². The van der Waals surface area contributed by atoms with Crippen molar-refractivity contribution in [2.45, 2.75) is 31.3 Å². The third-order valence-electron chi connectivity index (χ3n) is 3.73. The van der Waals surface area contributed by atoms with Crippen molar-refractivity contribution in [1.82, 2.24) is 10.3 Å². The number of aliphatic hydroxyl groups excluding tert-OH is 1. The van der Waals surface area contributed by atoms with Crippen LogP contribution in [-0.2, 0) is 4.74 Å². The highest BCUT2D eigenvalue weighted by atomic mass is 16.5. The van der Waals surface area contributed by atoms with Gasteiger partial charge in [0.25, 0.3) is 5.91 Å². The molecule has 1 aromatic heterocycles. The molecule has 1 amide bonds. The molecule has 0 saturated heterocycles. The van der Waals surface area contributed by atoms with Gasteiger partial charge >= 0.3 is 0 Å². The lowest BCUT2D eigenvalue weighted by atomic mass is 9.80. The normalized spacial score (nSPS) is 15.5. The Morgan fingerprint density at radius 2 is 2.33 bits per heavy atom. The number of aliphatic hydroxyl groups is 1. The standard InChI is InChI=1S/C16H20N2O3/c1-21-16(8-4-9-16)12-18-15(20)14-7-6-13(11-17-14)5-2-3-10-19/h6-7,11,19H,3-4,8-10,12H2,1H3,(H,18,20). The second-order valence-corrected chi connectivity index (χ2v) is 5.13. The van der Waals surface area contributed by atoms with Gasteiger partial charge in [0, 0.05) is 31.8 Å². The monoisotopic (exact) mass is 288 g/mol. The molecule has 0 atom stereocenters. The van der Waals surface area contributed by atoms with E-state index in [0.717, 1.165) is 24.8 Å². The van der Waals surface area contributed by atoms with Gasteiger partial charge < -0.3 is 15.2 Å². The van der Waals surface area contributed by atoms with E-state index in [9.17, 15) is 4.79 Å². The molecular weight excluding hydrogens is 268 g/mol. The first kappa shape index (κ1) is 15.5. The molecule has 0 spiro atoms. The molecule has 1 fully saturated rings. The van der Waals surface area contributed by atoms with Crippen molar-refractivity contribution in [1.29, 1.82) is 0 Å². The van der Waals surface area contributed by atoms with Crippen LogP contribution >= 0.6 is 0 Å². The van der Waals surface area contributed by atoms with E-state index < -0.39 is 0 Å². The Kier molecular flexibility index (Phi) is 5.32. The second kappa shape index (κ2) is 7.21. The van der Waals surface area contributed by atoms with Gasteiger partial charge in [0.1, 0.15) is 5.69 Å². The number of amides is 1. The van der Waals surface area contributed by atoms with Crippen LogP contribution < -0.4 is 5.32 Å². The number of methoxy groups -OCH3 is 1. The lowest BCUT2D eigenvalue weighted by Crippen LogP contribution is -2.49. The molecule has 5 nitrogen and oxygen atoms in total. The Labute approximate surface area is 124 Å². The molecule has 1 heterocycles. The molecule has 1 saturated carbocycles. The van der Waals surface area contributed by atoms with Crippen molar-refractivity contribution in [3.05, 3.63) is 29.6 Å². The smallest absolute Gasteiger partial charge is 0.269 e. The van der Waals surface area contributed by atoms with Crippen LogP contribution in [0.25, 0.3) is 0 Å². The van der Waals surface area contributed by atoms with E-state index in [-0.39, 0.29) is 18.1 Å². The van der Waals surface area contributed by atoms with E-state index in [0.29, 0.717) is 18.7 Å². The third kappa shape index (κ3) is 4.03. The SMILES string of the molecule is COC1(CNC(=O)c2ccc(C#CCCO)cn2)CCC1. The zero-order valence-electron chi connectivity index (χ0n) is 12.2. The maximum atomic E-state index is 12.0. The van der Waals surface area contributed by atoms with Gasteiger partial charge in [-0.25, -0.2) is 4.98 Å². The van der Waals surface area contributed by atoms with Gasteiger partial charge in [0.15, 0.2) is 0 Å². The zero-order chi connectivity index (χ0) is 15.1. The van der Waals surface area contributed by atoms with Gasteiger partial charge in [0.2, 0.25) is 0 Å². The van der Waals surface area contributed by atoms with Gasteiger partial charge in [-0.15, -0.1) is 0 Å². The largest absolute Gasteiger partial charge is 0.395 e. The van der Waals surface area contributed by atoms with Crippen LogP contribution in [0, 0.1) is 11.8 Å². The Balaban J connectivity index is 1.89. The average Bonchev–Trinajstić information content (AvgIpc) is 2.47. The van der Waals surface area contributed by atoms with E-state index in [1.54, 1.807) is 25.4 Å². The molecule has 1 aliphatic carbocycles. The number of hydrogen-bond donors (Lipinski definition) is 2. The summed E-state index contributed by atoms with van der Waals surface area (Å²) in [6.07, 6.45) is 5.10. The highest BCUT2D eigenvalue weighted by Crippen LogP contribution is 2.34. The third-order valence-corrected chi connectivity index (χ3v) is 3.73. The van der Waals surface area contributed by atoms with Crippen molar-refractivity contribution in [3.63, 3.8) is 0 Å². The fourth-order valence-electron chi connectivity index (χ4n) is 2.18. The first-order valence-electron chi connectivity index (χ1n) is 7.08. The summed E-state index contributed by atoms with van der Waals surface area (Å²) in [7, 11) is 1.68. The summed E-state index contributed by atoms with van der Waals surface area (Å²) in [4.78, 5) is 16.1. The predicted octanol–water partition coefficient (Wildman–Crippen LogP) is 1.11. The van der Waals surface area contributed by atoms with Crippen LogP contribution in [-0.4, -0.2) is 41.9 Å². The van der Waals surface area contributed by atoms with Crippen molar-refractivity contribution < 1.29 is 14.6 Å². The number of nitrogens with one attached hydrogen (secondary N) is 1. The number of aromatic nitrogens is 1. The molecular formula is C16H20N2O3. The van der Waals surface area contributed by atoms with E-state index in [4.69, 9.17) is 9.84 Å². The number of carbonyl (C=O) groups is 1. The molecule has 112 valence electrons. The van der Waals surface area contributed by atoms with Gasteiger partial charge in [-0.05, 0) is 31.4 Å². The molecule has 0 unspecified atom stereocenters. The minimum absolute atomic E-state index is 0.0438. The minimum atomic E-state index is -0.201. The minimum Gasteiger partial charge on any atom is -0.395 e. The lowest BCUT2D eigenvalue weighted by molar-refractivity contribution is -0.0679. The van der Waals surface area contributed by atoms with Crippen LogP contribution in [0.15, 0.2) is 18.3 Å². The molecule has 0 aromatic carbocycles. The summed E-state index contributed by atoms with van der Waals surface area (Å²) in [5.74, 6) is 5.48. The van der Waals surface area contributed by atoms with E-state index >= 15 is 0 Å². The second-order valence-electron chi connectivity index (χ2n) is 5.13. The van der Waals surface area contributed by atoms with Crippen molar-refractivity contribution in [2.24, 2.45) is 0 Å². The Morgan fingerprint density at radius 3 is 2.86 bits per heavy atom. The highest BCUT2D eigenvalue weighted by Gasteiger charge is 2.37. The maximum absolute atomic E-state index is 12.0. The van der Waals surface area contributed by atoms with Crippen LogP contribution in [0.3, 0.4) is 0 Å². The van der Waals surface area contributed by atoms with Crippen molar-refractivity contribution >= 4 is 5.91 Å². The van der Waals surface area contributed by atoms with Crippen LogP contribution in [0.1, 0.15) is 41.7 Å². The summed E-state index contributed by atoms with van der Waals surface area (Å²) in [5, 5.41) is 11.5. The molecule has 1 aromatic rings.